The molecule has 0 radical (unpaired) electrons. The van der Waals surface area contributed by atoms with Crippen molar-refractivity contribution in [2.45, 2.75) is 77.5 Å². The quantitative estimate of drug-likeness (QED) is 0.780. The van der Waals surface area contributed by atoms with Gasteiger partial charge >= 0.3 is 0 Å². The average Bonchev–Trinajstić information content (AvgIpc) is 3.23. The molecule has 0 bridgehead atoms. The highest BCUT2D eigenvalue weighted by Gasteiger charge is 2.46. The van der Waals surface area contributed by atoms with E-state index in [9.17, 15) is 0 Å². The molecule has 3 nitrogen and oxygen atoms in total. The van der Waals surface area contributed by atoms with E-state index in [-0.39, 0.29) is 5.54 Å². The van der Waals surface area contributed by atoms with Crippen LogP contribution in [0.3, 0.4) is 0 Å². The molecule has 2 N–H and O–H groups in total. The van der Waals surface area contributed by atoms with E-state index in [4.69, 9.17) is 10.5 Å². The molecule has 0 aromatic carbocycles. The molecular weight excluding hydrogens is 248 g/mol. The van der Waals surface area contributed by atoms with Crippen molar-refractivity contribution in [3.8, 4) is 0 Å². The van der Waals surface area contributed by atoms with Crippen LogP contribution in [0.25, 0.3) is 0 Å². The van der Waals surface area contributed by atoms with Crippen LogP contribution in [0.5, 0.6) is 0 Å². The molecule has 0 spiro atoms. The van der Waals surface area contributed by atoms with Gasteiger partial charge in [0, 0.05) is 24.7 Å². The molecule has 2 unspecified atom stereocenters. The fourth-order valence-electron chi connectivity index (χ4n) is 3.52. The van der Waals surface area contributed by atoms with E-state index in [1.165, 1.54) is 25.8 Å². The van der Waals surface area contributed by atoms with Crippen molar-refractivity contribution in [2.75, 3.05) is 19.7 Å². The Hall–Kier alpha value is -0.120. The molecule has 1 heterocycles. The second-order valence-electron chi connectivity index (χ2n) is 7.64. The summed E-state index contributed by atoms with van der Waals surface area (Å²) < 4.78 is 5.99. The van der Waals surface area contributed by atoms with Gasteiger partial charge in [-0.25, -0.2) is 0 Å². The van der Waals surface area contributed by atoms with Gasteiger partial charge in [0.05, 0.1) is 6.10 Å². The first-order valence-electron chi connectivity index (χ1n) is 8.57. The summed E-state index contributed by atoms with van der Waals surface area (Å²) in [5.74, 6) is 1.36. The van der Waals surface area contributed by atoms with E-state index in [1.807, 2.05) is 0 Å². The maximum atomic E-state index is 6.28. The molecule has 1 saturated carbocycles. The smallest absolute Gasteiger partial charge is 0.0616 e. The van der Waals surface area contributed by atoms with Gasteiger partial charge in [-0.05, 0) is 50.5 Å². The first-order valence-corrected chi connectivity index (χ1v) is 8.57. The highest BCUT2D eigenvalue weighted by atomic mass is 16.5. The summed E-state index contributed by atoms with van der Waals surface area (Å²) in [6.45, 7) is 12.1. The second-order valence-corrected chi connectivity index (χ2v) is 7.64. The SMILES string of the molecule is CC(C)CCN(C1CC1)C1(CN)CCOC(C(C)C)C1. The molecule has 0 amide bonds. The molecule has 2 rings (SSSR count). The van der Waals surface area contributed by atoms with E-state index >= 15 is 0 Å². The number of hydrogen-bond acceptors (Lipinski definition) is 3. The van der Waals surface area contributed by atoms with Crippen molar-refractivity contribution in [1.29, 1.82) is 0 Å². The maximum Gasteiger partial charge on any atom is 0.0616 e. The monoisotopic (exact) mass is 282 g/mol. The van der Waals surface area contributed by atoms with Crippen molar-refractivity contribution in [2.24, 2.45) is 17.6 Å². The lowest BCUT2D eigenvalue weighted by molar-refractivity contribution is -0.0908. The van der Waals surface area contributed by atoms with Gasteiger partial charge in [0.25, 0.3) is 0 Å². The van der Waals surface area contributed by atoms with Crippen LogP contribution in [-0.4, -0.2) is 42.3 Å². The van der Waals surface area contributed by atoms with E-state index in [2.05, 4.69) is 32.6 Å². The van der Waals surface area contributed by atoms with E-state index in [0.29, 0.717) is 12.0 Å². The van der Waals surface area contributed by atoms with Gasteiger partial charge in [0.1, 0.15) is 0 Å². The first kappa shape index (κ1) is 16.3. The molecule has 0 aromatic heterocycles. The van der Waals surface area contributed by atoms with Crippen LogP contribution in [0.4, 0.5) is 0 Å². The van der Waals surface area contributed by atoms with Gasteiger partial charge in [-0.3, -0.25) is 4.90 Å². The molecule has 2 aliphatic rings. The lowest BCUT2D eigenvalue weighted by atomic mass is 9.81. The van der Waals surface area contributed by atoms with Gasteiger partial charge in [-0.1, -0.05) is 27.7 Å². The molecule has 1 saturated heterocycles. The summed E-state index contributed by atoms with van der Waals surface area (Å²) in [6.07, 6.45) is 6.63. The van der Waals surface area contributed by atoms with E-state index in [1.54, 1.807) is 0 Å². The van der Waals surface area contributed by atoms with Crippen molar-refractivity contribution < 1.29 is 4.74 Å². The van der Waals surface area contributed by atoms with Crippen LogP contribution in [0.1, 0.15) is 59.8 Å². The largest absolute Gasteiger partial charge is 0.378 e. The summed E-state index contributed by atoms with van der Waals surface area (Å²) in [4.78, 5) is 2.77. The van der Waals surface area contributed by atoms with Crippen LogP contribution in [-0.2, 0) is 4.74 Å². The molecule has 20 heavy (non-hydrogen) atoms. The number of hydrogen-bond donors (Lipinski definition) is 1. The predicted molar refractivity (Wildman–Crippen MR) is 84.8 cm³/mol. The Morgan fingerprint density at radius 3 is 2.45 bits per heavy atom. The van der Waals surface area contributed by atoms with Crippen molar-refractivity contribution in [3.05, 3.63) is 0 Å². The lowest BCUT2D eigenvalue weighted by Gasteiger charge is -2.49. The third-order valence-electron chi connectivity index (χ3n) is 5.15. The lowest BCUT2D eigenvalue weighted by Crippen LogP contribution is -2.60. The molecule has 2 fully saturated rings. The average molecular weight is 282 g/mol. The van der Waals surface area contributed by atoms with Crippen molar-refractivity contribution in [1.82, 2.24) is 4.90 Å². The minimum absolute atomic E-state index is 0.198. The molecule has 3 heteroatoms. The van der Waals surface area contributed by atoms with Gasteiger partial charge in [0.2, 0.25) is 0 Å². The Morgan fingerprint density at radius 2 is 1.95 bits per heavy atom. The molecular formula is C17H34N2O. The predicted octanol–water partition coefficient (Wildman–Crippen LogP) is 3.03. The van der Waals surface area contributed by atoms with Crippen LogP contribution in [0, 0.1) is 11.8 Å². The summed E-state index contributed by atoms with van der Waals surface area (Å²) in [5.41, 5.74) is 6.47. The Morgan fingerprint density at radius 1 is 1.25 bits per heavy atom. The minimum atomic E-state index is 0.198. The second kappa shape index (κ2) is 6.76. The number of nitrogens with two attached hydrogens (primary N) is 1. The molecule has 118 valence electrons. The Kier molecular flexibility index (Phi) is 5.49. The van der Waals surface area contributed by atoms with Crippen LogP contribution in [0.15, 0.2) is 0 Å². The molecule has 1 aliphatic carbocycles. The van der Waals surface area contributed by atoms with Crippen LogP contribution >= 0.6 is 0 Å². The van der Waals surface area contributed by atoms with Gasteiger partial charge in [-0.2, -0.15) is 0 Å². The summed E-state index contributed by atoms with van der Waals surface area (Å²) in [7, 11) is 0. The Bertz CT molecular complexity index is 301. The van der Waals surface area contributed by atoms with Crippen molar-refractivity contribution in [3.63, 3.8) is 0 Å². The van der Waals surface area contributed by atoms with E-state index in [0.717, 1.165) is 38.0 Å². The zero-order chi connectivity index (χ0) is 14.8. The van der Waals surface area contributed by atoms with Gasteiger partial charge in [0.15, 0.2) is 0 Å². The van der Waals surface area contributed by atoms with Crippen molar-refractivity contribution >= 4 is 0 Å². The fourth-order valence-corrected chi connectivity index (χ4v) is 3.52. The molecule has 0 aromatic rings. The van der Waals surface area contributed by atoms with Gasteiger partial charge < -0.3 is 10.5 Å². The topological polar surface area (TPSA) is 38.5 Å². The third kappa shape index (κ3) is 3.75. The summed E-state index contributed by atoms with van der Waals surface area (Å²) in [6, 6.07) is 0.795. The number of ether oxygens (including phenoxy) is 1. The van der Waals surface area contributed by atoms with E-state index < -0.39 is 0 Å². The Balaban J connectivity index is 2.09. The summed E-state index contributed by atoms with van der Waals surface area (Å²) in [5, 5.41) is 0. The minimum Gasteiger partial charge on any atom is -0.378 e. The standard InChI is InChI=1S/C17H34N2O/c1-13(2)7-9-19(15-5-6-15)17(12-18)8-10-20-16(11-17)14(3)4/h13-16H,5-12,18H2,1-4H3. The highest BCUT2D eigenvalue weighted by molar-refractivity contribution is 5.02. The number of rotatable bonds is 7. The fraction of sp³-hybridized carbons (Fsp3) is 1.00. The normalized spacial score (nSPS) is 31.5. The summed E-state index contributed by atoms with van der Waals surface area (Å²) >= 11 is 0. The third-order valence-corrected chi connectivity index (χ3v) is 5.15. The molecule has 2 atom stereocenters. The van der Waals surface area contributed by atoms with Gasteiger partial charge in [-0.15, -0.1) is 0 Å². The molecule has 1 aliphatic heterocycles. The van der Waals surface area contributed by atoms with Crippen LogP contribution < -0.4 is 5.73 Å². The first-order chi connectivity index (χ1) is 9.48. The number of nitrogens with zero attached hydrogens (tertiary/aromatic N) is 1. The maximum absolute atomic E-state index is 6.28. The zero-order valence-electron chi connectivity index (χ0n) is 13.9. The Labute approximate surface area is 125 Å². The van der Waals surface area contributed by atoms with Crippen LogP contribution in [0.2, 0.25) is 0 Å². The highest BCUT2D eigenvalue weighted by Crippen LogP contribution is 2.40. The zero-order valence-corrected chi connectivity index (χ0v) is 13.9.